The van der Waals surface area contributed by atoms with Crippen molar-refractivity contribution >= 4 is 21.8 Å². The Hall–Kier alpha value is -3.89. The van der Waals surface area contributed by atoms with Crippen LogP contribution in [-0.4, -0.2) is 14.5 Å². The number of pyridine rings is 2. The van der Waals surface area contributed by atoms with Crippen LogP contribution in [-0.2, 0) is 21.1 Å². The fourth-order valence-corrected chi connectivity index (χ4v) is 4.03. The zero-order valence-electron chi connectivity index (χ0n) is 18.0. The van der Waals surface area contributed by atoms with Crippen molar-refractivity contribution in [3.63, 3.8) is 0 Å². The van der Waals surface area contributed by atoms with Crippen LogP contribution in [0.2, 0.25) is 0 Å². The predicted molar refractivity (Wildman–Crippen MR) is 126 cm³/mol. The first-order valence-corrected chi connectivity index (χ1v) is 10.6. The molecule has 6 aromatic rings. The van der Waals surface area contributed by atoms with Crippen LogP contribution >= 0.6 is 0 Å². The third-order valence-corrected chi connectivity index (χ3v) is 5.50. The minimum atomic E-state index is -0.436. The number of hydrogen-bond acceptors (Lipinski definition) is 3. The van der Waals surface area contributed by atoms with Crippen LogP contribution in [0.5, 0.6) is 11.6 Å². The van der Waals surface area contributed by atoms with E-state index in [9.17, 15) is 8.78 Å². The number of para-hydroxylation sites is 1. The second-order valence-corrected chi connectivity index (χ2v) is 7.64. The molecule has 0 aliphatic heterocycles. The molecule has 35 heavy (non-hydrogen) atoms. The first kappa shape index (κ1) is 22.9. The average Bonchev–Trinajstić information content (AvgIpc) is 3.18. The van der Waals surface area contributed by atoms with E-state index in [0.717, 1.165) is 21.9 Å². The van der Waals surface area contributed by atoms with E-state index >= 15 is 0 Å². The molecule has 0 N–H and O–H groups in total. The van der Waals surface area contributed by atoms with Crippen molar-refractivity contribution < 1.29 is 34.6 Å². The molecule has 3 aromatic carbocycles. The van der Waals surface area contributed by atoms with E-state index in [1.807, 2.05) is 48.5 Å². The molecule has 0 aliphatic rings. The van der Waals surface area contributed by atoms with Crippen molar-refractivity contribution in [1.82, 2.24) is 14.5 Å². The van der Waals surface area contributed by atoms with Crippen LogP contribution in [0.3, 0.4) is 0 Å². The van der Waals surface area contributed by atoms with Crippen molar-refractivity contribution in [3.8, 4) is 28.6 Å². The normalized spacial score (nSPS) is 10.9. The summed E-state index contributed by atoms with van der Waals surface area (Å²) in [5.41, 5.74) is 2.99. The summed E-state index contributed by atoms with van der Waals surface area (Å²) in [4.78, 5) is 8.31. The first-order valence-electron chi connectivity index (χ1n) is 10.6. The topological polar surface area (TPSA) is 39.9 Å². The summed E-state index contributed by atoms with van der Waals surface area (Å²) >= 11 is 0. The molecule has 0 saturated carbocycles. The van der Waals surface area contributed by atoms with Crippen molar-refractivity contribution in [3.05, 3.63) is 115 Å². The summed E-state index contributed by atoms with van der Waals surface area (Å²) < 4.78 is 35.7. The number of hydrogen-bond donors (Lipinski definition) is 0. The summed E-state index contributed by atoms with van der Waals surface area (Å²) in [6.07, 6.45) is 2.91. The first-order chi connectivity index (χ1) is 16.7. The Bertz CT molecular complexity index is 1680. The summed E-state index contributed by atoms with van der Waals surface area (Å²) in [5.74, 6) is -0.123. The van der Waals surface area contributed by atoms with E-state index < -0.39 is 11.6 Å². The molecule has 0 aliphatic carbocycles. The van der Waals surface area contributed by atoms with E-state index in [-0.39, 0.29) is 32.8 Å². The van der Waals surface area contributed by atoms with Gasteiger partial charge in [-0.25, -0.2) is 29.9 Å². The van der Waals surface area contributed by atoms with Gasteiger partial charge in [0.2, 0.25) is 5.88 Å². The maximum absolute atomic E-state index is 14.8. The Morgan fingerprint density at radius 3 is 2.46 bits per heavy atom. The van der Waals surface area contributed by atoms with Gasteiger partial charge in [-0.05, 0) is 35.2 Å². The zero-order valence-corrected chi connectivity index (χ0v) is 20.3. The SMILES string of the molecule is Fc1ccnc(Oc2[c-]c(-c3[c-]c4c(cc3)c3ccccc3n4-c3ncccc3F)ccc2)c1.[Pt+2]. The fraction of sp³-hybridized carbons (Fsp3) is 0. The monoisotopic (exact) mass is 642 g/mol. The van der Waals surface area contributed by atoms with Gasteiger partial charge in [0.15, 0.2) is 11.6 Å². The molecule has 6 rings (SSSR count). The van der Waals surface area contributed by atoms with Gasteiger partial charge in [-0.2, -0.15) is 24.3 Å². The molecule has 0 amide bonds. The van der Waals surface area contributed by atoms with E-state index in [1.54, 1.807) is 22.9 Å². The van der Waals surface area contributed by atoms with Gasteiger partial charge < -0.3 is 9.30 Å². The number of fused-ring (bicyclic) bond motifs is 3. The summed E-state index contributed by atoms with van der Waals surface area (Å²) in [5, 5.41) is 1.91. The van der Waals surface area contributed by atoms with Gasteiger partial charge in [0, 0.05) is 29.7 Å². The quantitative estimate of drug-likeness (QED) is 0.196. The van der Waals surface area contributed by atoms with Crippen molar-refractivity contribution in [2.24, 2.45) is 0 Å². The molecule has 0 atom stereocenters. The number of benzene rings is 3. The second kappa shape index (κ2) is 9.40. The molecule has 3 heterocycles. The van der Waals surface area contributed by atoms with Crippen LogP contribution < -0.4 is 4.74 Å². The van der Waals surface area contributed by atoms with Crippen LogP contribution in [0, 0.1) is 23.8 Å². The Morgan fingerprint density at radius 2 is 1.60 bits per heavy atom. The zero-order chi connectivity index (χ0) is 23.1. The molecule has 0 unspecified atom stereocenters. The molecule has 0 saturated heterocycles. The number of aromatic nitrogens is 3. The predicted octanol–water partition coefficient (Wildman–Crippen LogP) is 6.91. The van der Waals surface area contributed by atoms with Crippen LogP contribution in [0.15, 0.2) is 91.3 Å². The maximum atomic E-state index is 14.8. The fourth-order valence-electron chi connectivity index (χ4n) is 4.03. The third kappa shape index (κ3) is 4.22. The minimum Gasteiger partial charge on any atom is -0.460 e. The van der Waals surface area contributed by atoms with E-state index in [0.29, 0.717) is 16.8 Å². The molecule has 3 aromatic heterocycles. The molecule has 0 spiro atoms. The number of ether oxygens (including phenoxy) is 1. The van der Waals surface area contributed by atoms with E-state index in [2.05, 4.69) is 22.1 Å². The molecule has 4 nitrogen and oxygen atoms in total. The molecule has 172 valence electrons. The van der Waals surface area contributed by atoms with Gasteiger partial charge in [-0.1, -0.05) is 23.6 Å². The Labute approximate surface area is 214 Å². The average molecular weight is 643 g/mol. The van der Waals surface area contributed by atoms with Gasteiger partial charge in [-0.3, -0.25) is 0 Å². The summed E-state index contributed by atoms with van der Waals surface area (Å²) in [6.45, 7) is 0. The van der Waals surface area contributed by atoms with Gasteiger partial charge in [0.25, 0.3) is 0 Å². The van der Waals surface area contributed by atoms with Crippen molar-refractivity contribution in [1.29, 1.82) is 0 Å². The van der Waals surface area contributed by atoms with Gasteiger partial charge >= 0.3 is 21.1 Å². The van der Waals surface area contributed by atoms with E-state index in [4.69, 9.17) is 4.74 Å². The number of nitrogens with zero attached hydrogens (tertiary/aromatic N) is 3. The standard InChI is InChI=1S/C28H15F2N3O.Pt/c29-20-12-14-31-27(17-20)34-21-6-3-5-18(15-21)19-10-11-23-22-7-1-2-9-25(22)33(26(23)16-19)28-24(30)8-4-13-32-28;/h1-14,17H;/q-2;+2. The molecule has 0 fully saturated rings. The van der Waals surface area contributed by atoms with Crippen molar-refractivity contribution in [2.75, 3.05) is 0 Å². The summed E-state index contributed by atoms with van der Waals surface area (Å²) in [6, 6.07) is 29.1. The Balaban J connectivity index is 0.00000253. The third-order valence-electron chi connectivity index (χ3n) is 5.50. The molecular formula is C28H15F2N3OPt. The number of halogens is 2. The molecule has 0 bridgehead atoms. The van der Waals surface area contributed by atoms with Crippen LogP contribution in [0.25, 0.3) is 38.8 Å². The smallest absolute Gasteiger partial charge is 0.460 e. The summed E-state index contributed by atoms with van der Waals surface area (Å²) in [7, 11) is 0. The van der Waals surface area contributed by atoms with Crippen LogP contribution in [0.4, 0.5) is 8.78 Å². The molecular weight excluding hydrogens is 627 g/mol. The molecule has 7 heteroatoms. The molecule has 0 radical (unpaired) electrons. The number of rotatable bonds is 4. The Kier molecular flexibility index (Phi) is 6.14. The maximum Gasteiger partial charge on any atom is 2.00 e. The minimum absolute atomic E-state index is 0. The van der Waals surface area contributed by atoms with E-state index in [1.165, 1.54) is 24.4 Å². The second-order valence-electron chi connectivity index (χ2n) is 7.64. The largest absolute Gasteiger partial charge is 2.00 e. The van der Waals surface area contributed by atoms with Gasteiger partial charge in [0.05, 0.1) is 0 Å². The van der Waals surface area contributed by atoms with Crippen molar-refractivity contribution in [2.45, 2.75) is 0 Å². The Morgan fingerprint density at radius 1 is 0.743 bits per heavy atom. The van der Waals surface area contributed by atoms with Gasteiger partial charge in [0.1, 0.15) is 5.82 Å². The van der Waals surface area contributed by atoms with Gasteiger partial charge in [-0.15, -0.1) is 18.2 Å². The van der Waals surface area contributed by atoms with Crippen LogP contribution in [0.1, 0.15) is 0 Å².